The van der Waals surface area contributed by atoms with Crippen molar-refractivity contribution in [2.24, 2.45) is 4.99 Å². The maximum absolute atomic E-state index is 9.64. The van der Waals surface area contributed by atoms with Crippen LogP contribution in [0.25, 0.3) is 0 Å². The molecule has 3 rings (SSSR count). The van der Waals surface area contributed by atoms with Crippen molar-refractivity contribution < 1.29 is 9.84 Å². The molecule has 2 fully saturated rings. The van der Waals surface area contributed by atoms with Crippen LogP contribution in [-0.2, 0) is 4.74 Å². The van der Waals surface area contributed by atoms with Crippen molar-refractivity contribution in [3.8, 4) is 0 Å². The maximum atomic E-state index is 9.64. The molecule has 30 heavy (non-hydrogen) atoms. The fraction of sp³-hybridized carbons (Fsp3) is 0.696. The molecule has 0 radical (unpaired) electrons. The van der Waals surface area contributed by atoms with Gasteiger partial charge in [0.1, 0.15) is 6.10 Å². The number of rotatable bonds is 6. The van der Waals surface area contributed by atoms with Crippen molar-refractivity contribution in [3.63, 3.8) is 0 Å². The number of aliphatic imine (C=N–C) groups is 1. The summed E-state index contributed by atoms with van der Waals surface area (Å²) < 4.78 is 6.11. The molecule has 1 atom stereocenters. The van der Waals surface area contributed by atoms with Gasteiger partial charge < -0.3 is 25.0 Å². The first-order valence-electron chi connectivity index (χ1n) is 11.2. The van der Waals surface area contributed by atoms with Gasteiger partial charge in [0, 0.05) is 32.7 Å². The first-order valence-corrected chi connectivity index (χ1v) is 11.2. The van der Waals surface area contributed by atoms with E-state index in [-0.39, 0.29) is 36.2 Å². The monoisotopic (exact) mass is 530 g/mol. The summed E-state index contributed by atoms with van der Waals surface area (Å²) >= 11 is 0. The fourth-order valence-corrected chi connectivity index (χ4v) is 4.26. The van der Waals surface area contributed by atoms with E-state index in [9.17, 15) is 5.11 Å². The van der Waals surface area contributed by atoms with Crippen LogP contribution in [0.3, 0.4) is 0 Å². The Bertz CT molecular complexity index is 677. The number of aliphatic hydroxyl groups is 1. The largest absolute Gasteiger partial charge is 0.393 e. The Morgan fingerprint density at radius 1 is 1.23 bits per heavy atom. The number of nitrogens with one attached hydrogen (secondary N) is 1. The lowest BCUT2D eigenvalue weighted by molar-refractivity contribution is -0.00834. The number of hydrogen-bond acceptors (Lipinski definition) is 4. The van der Waals surface area contributed by atoms with Crippen LogP contribution in [0.1, 0.15) is 49.0 Å². The molecule has 0 saturated carbocycles. The van der Waals surface area contributed by atoms with Crippen molar-refractivity contribution in [2.45, 2.75) is 52.2 Å². The molecule has 2 heterocycles. The number of ether oxygens (including phenoxy) is 1. The number of halogens is 1. The minimum absolute atomic E-state index is 0. The number of aliphatic hydroxyl groups excluding tert-OH is 1. The summed E-state index contributed by atoms with van der Waals surface area (Å²) in [5.74, 6) is 1.000. The van der Waals surface area contributed by atoms with Crippen molar-refractivity contribution in [2.75, 3.05) is 52.4 Å². The van der Waals surface area contributed by atoms with Gasteiger partial charge in [-0.05, 0) is 57.7 Å². The highest BCUT2D eigenvalue weighted by atomic mass is 127. The molecule has 7 heteroatoms. The number of benzene rings is 1. The van der Waals surface area contributed by atoms with E-state index in [1.807, 2.05) is 0 Å². The van der Waals surface area contributed by atoms with Crippen molar-refractivity contribution >= 4 is 29.9 Å². The normalized spacial score (nSPS) is 21.4. The summed E-state index contributed by atoms with van der Waals surface area (Å²) in [4.78, 5) is 9.69. The smallest absolute Gasteiger partial charge is 0.194 e. The molecule has 2 N–H and O–H groups in total. The van der Waals surface area contributed by atoms with Crippen LogP contribution in [0, 0.1) is 13.8 Å². The van der Waals surface area contributed by atoms with Gasteiger partial charge >= 0.3 is 0 Å². The lowest BCUT2D eigenvalue weighted by Crippen LogP contribution is -2.48. The molecular formula is C23H39IN4O2. The molecule has 1 aromatic rings. The Morgan fingerprint density at radius 3 is 2.70 bits per heavy atom. The number of hydrogen-bond donors (Lipinski definition) is 2. The van der Waals surface area contributed by atoms with Gasteiger partial charge in [-0.15, -0.1) is 24.0 Å². The third kappa shape index (κ3) is 7.35. The molecule has 1 aromatic carbocycles. The lowest BCUT2D eigenvalue weighted by Gasteiger charge is -2.36. The molecule has 0 aromatic heterocycles. The Labute approximate surface area is 199 Å². The van der Waals surface area contributed by atoms with Gasteiger partial charge in [0.2, 0.25) is 0 Å². The zero-order valence-corrected chi connectivity index (χ0v) is 21.1. The number of piperidine rings is 1. The highest BCUT2D eigenvalue weighted by molar-refractivity contribution is 14.0. The Kier molecular flexibility index (Phi) is 10.8. The van der Waals surface area contributed by atoms with E-state index in [1.54, 1.807) is 0 Å². The molecule has 0 spiro atoms. The minimum atomic E-state index is -0.101. The summed E-state index contributed by atoms with van der Waals surface area (Å²) in [5, 5.41) is 13.1. The SMILES string of the molecule is CCNC(=NCCCN1CCC(O)CC1)N1CCOC(c2ccc(C)cc2C)C1.I. The first-order chi connectivity index (χ1) is 14.1. The highest BCUT2D eigenvalue weighted by Gasteiger charge is 2.25. The fourth-order valence-electron chi connectivity index (χ4n) is 4.26. The average molecular weight is 530 g/mol. The number of likely N-dealkylation sites (tertiary alicyclic amines) is 1. The van der Waals surface area contributed by atoms with E-state index in [2.05, 4.69) is 54.1 Å². The number of nitrogens with zero attached hydrogens (tertiary/aromatic N) is 3. The van der Waals surface area contributed by atoms with Gasteiger partial charge in [0.25, 0.3) is 0 Å². The van der Waals surface area contributed by atoms with Gasteiger partial charge in [-0.25, -0.2) is 0 Å². The van der Waals surface area contributed by atoms with Crippen LogP contribution < -0.4 is 5.32 Å². The predicted octanol–water partition coefficient (Wildman–Crippen LogP) is 3.11. The van der Waals surface area contributed by atoms with Gasteiger partial charge in [-0.3, -0.25) is 4.99 Å². The van der Waals surface area contributed by atoms with Crippen LogP contribution in [0.15, 0.2) is 23.2 Å². The van der Waals surface area contributed by atoms with E-state index >= 15 is 0 Å². The predicted molar refractivity (Wildman–Crippen MR) is 134 cm³/mol. The van der Waals surface area contributed by atoms with Gasteiger partial charge in [0.15, 0.2) is 5.96 Å². The zero-order valence-electron chi connectivity index (χ0n) is 18.8. The molecule has 2 aliphatic heterocycles. The van der Waals surface area contributed by atoms with E-state index in [4.69, 9.17) is 9.73 Å². The van der Waals surface area contributed by atoms with Crippen molar-refractivity contribution in [1.29, 1.82) is 0 Å². The van der Waals surface area contributed by atoms with E-state index in [1.165, 1.54) is 16.7 Å². The molecule has 6 nitrogen and oxygen atoms in total. The maximum Gasteiger partial charge on any atom is 0.194 e. The molecule has 0 amide bonds. The second-order valence-electron chi connectivity index (χ2n) is 8.33. The van der Waals surface area contributed by atoms with Crippen LogP contribution in [0.5, 0.6) is 0 Å². The summed E-state index contributed by atoms with van der Waals surface area (Å²) in [6.45, 7) is 13.6. The minimum Gasteiger partial charge on any atom is -0.393 e. The second-order valence-corrected chi connectivity index (χ2v) is 8.33. The summed E-state index contributed by atoms with van der Waals surface area (Å²) in [6, 6.07) is 6.61. The lowest BCUT2D eigenvalue weighted by atomic mass is 10.00. The molecule has 2 aliphatic rings. The van der Waals surface area contributed by atoms with E-state index < -0.39 is 0 Å². The molecule has 0 bridgehead atoms. The Morgan fingerprint density at radius 2 is 2.00 bits per heavy atom. The Balaban J connectivity index is 0.00000320. The highest BCUT2D eigenvalue weighted by Crippen LogP contribution is 2.26. The average Bonchev–Trinajstić information content (AvgIpc) is 2.72. The number of morpholine rings is 1. The zero-order chi connectivity index (χ0) is 20.6. The van der Waals surface area contributed by atoms with Crippen LogP contribution in [0.4, 0.5) is 0 Å². The molecule has 2 saturated heterocycles. The van der Waals surface area contributed by atoms with Gasteiger partial charge in [0.05, 0.1) is 19.3 Å². The molecule has 0 aliphatic carbocycles. The first kappa shape index (κ1) is 25.4. The molecule has 1 unspecified atom stereocenters. The standard InChI is InChI=1S/C23H38N4O2.HI/c1-4-24-23(25-10-5-11-26-12-8-20(28)9-13-26)27-14-15-29-22(17-27)21-7-6-18(2)16-19(21)3;/h6-7,16,20,22,28H,4-5,8-15,17H2,1-3H3,(H,24,25);1H. The summed E-state index contributed by atoms with van der Waals surface area (Å²) in [5.41, 5.74) is 3.87. The summed E-state index contributed by atoms with van der Waals surface area (Å²) in [6.07, 6.45) is 2.85. The third-order valence-electron chi connectivity index (χ3n) is 5.92. The van der Waals surface area contributed by atoms with Crippen LogP contribution in [0.2, 0.25) is 0 Å². The third-order valence-corrected chi connectivity index (χ3v) is 5.92. The van der Waals surface area contributed by atoms with Crippen molar-refractivity contribution in [1.82, 2.24) is 15.1 Å². The molecule has 170 valence electrons. The second kappa shape index (κ2) is 12.8. The number of aryl methyl sites for hydroxylation is 2. The molecular weight excluding hydrogens is 491 g/mol. The van der Waals surface area contributed by atoms with Crippen LogP contribution in [-0.4, -0.2) is 79.4 Å². The van der Waals surface area contributed by atoms with Gasteiger partial charge in [-0.2, -0.15) is 0 Å². The topological polar surface area (TPSA) is 60.3 Å². The quantitative estimate of drug-likeness (QED) is 0.256. The van der Waals surface area contributed by atoms with E-state index in [0.717, 1.165) is 77.6 Å². The summed E-state index contributed by atoms with van der Waals surface area (Å²) in [7, 11) is 0. The van der Waals surface area contributed by atoms with Crippen molar-refractivity contribution in [3.05, 3.63) is 34.9 Å². The van der Waals surface area contributed by atoms with Crippen LogP contribution >= 0.6 is 24.0 Å². The van der Waals surface area contributed by atoms with E-state index in [0.29, 0.717) is 0 Å². The Hall–Kier alpha value is -0.900. The number of guanidine groups is 1. The van der Waals surface area contributed by atoms with Gasteiger partial charge in [-0.1, -0.05) is 23.8 Å².